The summed E-state index contributed by atoms with van der Waals surface area (Å²) in [6, 6.07) is 8.59. The molecule has 19 heavy (non-hydrogen) atoms. The van der Waals surface area contributed by atoms with E-state index in [-0.39, 0.29) is 18.5 Å². The molecule has 2 heterocycles. The lowest BCUT2D eigenvalue weighted by Crippen LogP contribution is -2.12. The quantitative estimate of drug-likeness (QED) is 0.647. The van der Waals surface area contributed by atoms with Crippen molar-refractivity contribution >= 4 is 5.84 Å². The zero-order chi connectivity index (χ0) is 13.2. The number of rotatable bonds is 3. The molecule has 1 aromatic heterocycles. The van der Waals surface area contributed by atoms with Gasteiger partial charge in [-0.3, -0.25) is 5.41 Å². The summed E-state index contributed by atoms with van der Waals surface area (Å²) >= 11 is 0. The van der Waals surface area contributed by atoms with E-state index >= 15 is 0 Å². The molecule has 0 amide bonds. The Morgan fingerprint density at radius 2 is 2.11 bits per heavy atom. The summed E-state index contributed by atoms with van der Waals surface area (Å²) in [5.74, 6) is 2.04. The Balaban J connectivity index is 1.91. The summed E-state index contributed by atoms with van der Waals surface area (Å²) in [6.07, 6.45) is 1.58. The fourth-order valence-electron chi connectivity index (χ4n) is 1.73. The molecule has 0 aliphatic carbocycles. The number of amidine groups is 1. The highest BCUT2D eigenvalue weighted by Gasteiger charge is 2.15. The third-order valence-corrected chi connectivity index (χ3v) is 2.62. The molecule has 0 spiro atoms. The normalized spacial score (nSPS) is 12.2. The molecule has 0 unspecified atom stereocenters. The molecule has 0 saturated heterocycles. The third-order valence-electron chi connectivity index (χ3n) is 2.62. The van der Waals surface area contributed by atoms with Gasteiger partial charge in [0.15, 0.2) is 11.5 Å². The minimum Gasteiger partial charge on any atom is -0.454 e. The predicted molar refractivity (Wildman–Crippen MR) is 67.9 cm³/mol. The van der Waals surface area contributed by atoms with Crippen LogP contribution in [-0.4, -0.2) is 17.6 Å². The lowest BCUT2D eigenvalue weighted by atomic mass is 10.2. The molecule has 96 valence electrons. The highest BCUT2D eigenvalue weighted by molar-refractivity contribution is 5.97. The fraction of sp³-hybridized carbons (Fsp3) is 0.0769. The second-order valence-electron chi connectivity index (χ2n) is 3.89. The van der Waals surface area contributed by atoms with Crippen LogP contribution in [0, 0.1) is 5.41 Å². The van der Waals surface area contributed by atoms with Gasteiger partial charge in [0.25, 0.3) is 0 Å². The van der Waals surface area contributed by atoms with Gasteiger partial charge in [-0.2, -0.15) is 0 Å². The zero-order valence-electron chi connectivity index (χ0n) is 9.92. The second kappa shape index (κ2) is 4.49. The van der Waals surface area contributed by atoms with Crippen LogP contribution in [-0.2, 0) is 0 Å². The Kier molecular flexibility index (Phi) is 2.68. The van der Waals surface area contributed by atoms with Crippen molar-refractivity contribution in [1.82, 2.24) is 4.98 Å². The SMILES string of the molecule is N=C(N)c1cccnc1Oc1ccc2c(c1)OCO2. The number of hydrogen-bond donors (Lipinski definition) is 2. The van der Waals surface area contributed by atoms with E-state index in [2.05, 4.69) is 4.98 Å². The average molecular weight is 257 g/mol. The van der Waals surface area contributed by atoms with E-state index in [1.807, 2.05) is 0 Å². The molecule has 3 rings (SSSR count). The molecular weight excluding hydrogens is 246 g/mol. The first-order valence-electron chi connectivity index (χ1n) is 5.61. The minimum absolute atomic E-state index is 0.0937. The van der Waals surface area contributed by atoms with Gasteiger partial charge in [0.05, 0.1) is 5.56 Å². The lowest BCUT2D eigenvalue weighted by molar-refractivity contribution is 0.174. The van der Waals surface area contributed by atoms with Crippen LogP contribution in [0.5, 0.6) is 23.1 Å². The smallest absolute Gasteiger partial charge is 0.231 e. The lowest BCUT2D eigenvalue weighted by Gasteiger charge is -2.09. The molecular formula is C13H11N3O3. The molecule has 1 aliphatic rings. The standard InChI is InChI=1S/C13H11N3O3/c14-12(15)9-2-1-5-16-13(9)19-8-3-4-10-11(6-8)18-7-17-10/h1-6H,7H2,(H3,14,15). The van der Waals surface area contributed by atoms with E-state index in [1.165, 1.54) is 0 Å². The zero-order valence-corrected chi connectivity index (χ0v) is 9.92. The van der Waals surface area contributed by atoms with E-state index in [1.54, 1.807) is 36.5 Å². The second-order valence-corrected chi connectivity index (χ2v) is 3.89. The summed E-state index contributed by atoms with van der Waals surface area (Å²) in [7, 11) is 0. The monoisotopic (exact) mass is 257 g/mol. The van der Waals surface area contributed by atoms with Gasteiger partial charge >= 0.3 is 0 Å². The molecule has 0 atom stereocenters. The van der Waals surface area contributed by atoms with Crippen molar-refractivity contribution in [3.8, 4) is 23.1 Å². The van der Waals surface area contributed by atoms with Gasteiger partial charge in [0, 0.05) is 12.3 Å². The number of nitrogens with one attached hydrogen (secondary N) is 1. The van der Waals surface area contributed by atoms with Crippen molar-refractivity contribution in [3.05, 3.63) is 42.1 Å². The van der Waals surface area contributed by atoms with E-state index in [0.717, 1.165) is 0 Å². The predicted octanol–water partition coefficient (Wildman–Crippen LogP) is 1.89. The minimum atomic E-state index is -0.0937. The van der Waals surface area contributed by atoms with Gasteiger partial charge < -0.3 is 19.9 Å². The molecule has 0 saturated carbocycles. The number of ether oxygens (including phenoxy) is 3. The van der Waals surface area contributed by atoms with E-state index in [9.17, 15) is 0 Å². The van der Waals surface area contributed by atoms with Crippen molar-refractivity contribution in [2.24, 2.45) is 5.73 Å². The van der Waals surface area contributed by atoms with Crippen LogP contribution < -0.4 is 19.9 Å². The van der Waals surface area contributed by atoms with Gasteiger partial charge in [-0.15, -0.1) is 0 Å². The summed E-state index contributed by atoms with van der Waals surface area (Å²) in [5.41, 5.74) is 5.92. The van der Waals surface area contributed by atoms with Gasteiger partial charge in [-0.05, 0) is 24.3 Å². The maximum Gasteiger partial charge on any atom is 0.231 e. The number of pyridine rings is 1. The number of nitrogens with two attached hydrogens (primary N) is 1. The number of aromatic nitrogens is 1. The van der Waals surface area contributed by atoms with Gasteiger partial charge in [-0.1, -0.05) is 0 Å². The molecule has 1 aromatic carbocycles. The van der Waals surface area contributed by atoms with Gasteiger partial charge in [0.1, 0.15) is 11.6 Å². The van der Waals surface area contributed by atoms with E-state index < -0.39 is 0 Å². The first kappa shape index (κ1) is 11.3. The largest absolute Gasteiger partial charge is 0.454 e. The molecule has 1 aliphatic heterocycles. The van der Waals surface area contributed by atoms with Crippen LogP contribution >= 0.6 is 0 Å². The summed E-state index contributed by atoms with van der Waals surface area (Å²) in [4.78, 5) is 4.07. The van der Waals surface area contributed by atoms with Gasteiger partial charge in [-0.25, -0.2) is 4.98 Å². The molecule has 0 fully saturated rings. The van der Waals surface area contributed by atoms with Gasteiger partial charge in [0.2, 0.25) is 12.7 Å². The van der Waals surface area contributed by atoms with Crippen LogP contribution in [0.2, 0.25) is 0 Å². The van der Waals surface area contributed by atoms with E-state index in [4.69, 9.17) is 25.4 Å². The Morgan fingerprint density at radius 3 is 2.95 bits per heavy atom. The summed E-state index contributed by atoms with van der Waals surface area (Å²) in [6.45, 7) is 0.209. The average Bonchev–Trinajstić information content (AvgIpc) is 2.86. The number of fused-ring (bicyclic) bond motifs is 1. The first-order valence-corrected chi connectivity index (χ1v) is 5.61. The number of benzene rings is 1. The molecule has 0 radical (unpaired) electrons. The van der Waals surface area contributed by atoms with Crippen LogP contribution in [0.1, 0.15) is 5.56 Å². The van der Waals surface area contributed by atoms with Crippen molar-refractivity contribution in [2.45, 2.75) is 0 Å². The van der Waals surface area contributed by atoms with E-state index in [0.29, 0.717) is 22.8 Å². The summed E-state index contributed by atoms with van der Waals surface area (Å²) in [5, 5.41) is 7.48. The summed E-state index contributed by atoms with van der Waals surface area (Å²) < 4.78 is 16.1. The molecule has 0 bridgehead atoms. The molecule has 6 nitrogen and oxygen atoms in total. The number of nitrogens with zero attached hydrogens (tertiary/aromatic N) is 1. The van der Waals surface area contributed by atoms with Crippen LogP contribution in [0.15, 0.2) is 36.5 Å². The Bertz CT molecular complexity index is 643. The van der Waals surface area contributed by atoms with Crippen LogP contribution in [0.25, 0.3) is 0 Å². The van der Waals surface area contributed by atoms with Crippen molar-refractivity contribution < 1.29 is 14.2 Å². The Labute approximate surface area is 109 Å². The van der Waals surface area contributed by atoms with Crippen molar-refractivity contribution in [3.63, 3.8) is 0 Å². The van der Waals surface area contributed by atoms with Crippen molar-refractivity contribution in [2.75, 3.05) is 6.79 Å². The maximum absolute atomic E-state index is 7.48. The molecule has 6 heteroatoms. The third kappa shape index (κ3) is 2.15. The number of hydrogen-bond acceptors (Lipinski definition) is 5. The topological polar surface area (TPSA) is 90.5 Å². The Morgan fingerprint density at radius 1 is 1.26 bits per heavy atom. The van der Waals surface area contributed by atoms with Crippen LogP contribution in [0.3, 0.4) is 0 Å². The highest BCUT2D eigenvalue weighted by atomic mass is 16.7. The maximum atomic E-state index is 7.48. The Hall–Kier alpha value is -2.76. The molecule has 2 aromatic rings. The van der Waals surface area contributed by atoms with Crippen molar-refractivity contribution in [1.29, 1.82) is 5.41 Å². The number of nitrogen functional groups attached to an aromatic ring is 1. The molecule has 3 N–H and O–H groups in total. The first-order chi connectivity index (χ1) is 9.24. The van der Waals surface area contributed by atoms with Crippen LogP contribution in [0.4, 0.5) is 0 Å². The fourth-order valence-corrected chi connectivity index (χ4v) is 1.73. The highest BCUT2D eigenvalue weighted by Crippen LogP contribution is 2.36.